The van der Waals surface area contributed by atoms with Crippen LogP contribution < -0.4 is 10.6 Å². The molecule has 20 heavy (non-hydrogen) atoms. The summed E-state index contributed by atoms with van der Waals surface area (Å²) in [6, 6.07) is 12.6. The van der Waals surface area contributed by atoms with Crippen LogP contribution in [0.5, 0.6) is 0 Å². The van der Waals surface area contributed by atoms with Gasteiger partial charge in [-0.05, 0) is 24.1 Å². The molecule has 1 heterocycles. The van der Waals surface area contributed by atoms with Gasteiger partial charge in [0, 0.05) is 18.7 Å². The predicted octanol–water partition coefficient (Wildman–Crippen LogP) is 2.84. The molecule has 100 valence electrons. The highest BCUT2D eigenvalue weighted by molar-refractivity contribution is 5.74. The number of nitrogen functional groups attached to an aromatic ring is 1. The topological polar surface area (TPSA) is 53.0 Å². The molecule has 3 nitrogen and oxygen atoms in total. The monoisotopic (exact) mass is 267 g/mol. The fourth-order valence-corrected chi connectivity index (χ4v) is 2.72. The number of para-hydroxylation sites is 1. The molecule has 2 aromatic rings. The molecule has 1 aliphatic rings. The quantitative estimate of drug-likeness (QED) is 0.851. The van der Waals surface area contributed by atoms with E-state index in [-0.39, 0.29) is 5.56 Å². The van der Waals surface area contributed by atoms with E-state index in [9.17, 15) is 4.39 Å². The van der Waals surface area contributed by atoms with Crippen LogP contribution in [0.25, 0.3) is 0 Å². The van der Waals surface area contributed by atoms with Gasteiger partial charge in [0.1, 0.15) is 11.9 Å². The van der Waals surface area contributed by atoms with Crippen molar-refractivity contribution in [2.75, 3.05) is 17.2 Å². The highest BCUT2D eigenvalue weighted by Crippen LogP contribution is 2.34. The second kappa shape index (κ2) is 4.86. The van der Waals surface area contributed by atoms with Crippen LogP contribution in [0.2, 0.25) is 0 Å². The van der Waals surface area contributed by atoms with Crippen molar-refractivity contribution in [3.8, 4) is 6.07 Å². The van der Waals surface area contributed by atoms with Crippen LogP contribution in [0.4, 0.5) is 15.8 Å². The fraction of sp³-hybridized carbons (Fsp3) is 0.188. The lowest BCUT2D eigenvalue weighted by atomic mass is 10.1. The van der Waals surface area contributed by atoms with E-state index in [0.717, 1.165) is 24.3 Å². The predicted molar refractivity (Wildman–Crippen MR) is 76.7 cm³/mol. The normalized spacial score (nSPS) is 13.1. The molecule has 4 heteroatoms. The summed E-state index contributed by atoms with van der Waals surface area (Å²) in [5.41, 5.74) is 9.55. The largest absolute Gasteiger partial charge is 0.397 e. The maximum Gasteiger partial charge on any atom is 0.145 e. The number of fused-ring (bicyclic) bond motifs is 1. The van der Waals surface area contributed by atoms with E-state index in [1.54, 1.807) is 12.1 Å². The zero-order chi connectivity index (χ0) is 14.1. The number of anilines is 2. The Labute approximate surface area is 117 Å². The van der Waals surface area contributed by atoms with Gasteiger partial charge in [-0.3, -0.25) is 0 Å². The minimum Gasteiger partial charge on any atom is -0.397 e. The van der Waals surface area contributed by atoms with Crippen LogP contribution in [-0.2, 0) is 13.0 Å². The van der Waals surface area contributed by atoms with E-state index in [0.29, 0.717) is 12.1 Å². The number of nitriles is 1. The van der Waals surface area contributed by atoms with E-state index in [2.05, 4.69) is 4.90 Å². The number of benzene rings is 2. The SMILES string of the molecule is N#Cc1cccc(CN2CCc3cccc(N)c32)c1F. The van der Waals surface area contributed by atoms with E-state index in [4.69, 9.17) is 11.0 Å². The van der Waals surface area contributed by atoms with Crippen molar-refractivity contribution in [3.05, 3.63) is 58.9 Å². The molecular weight excluding hydrogens is 253 g/mol. The molecule has 0 saturated carbocycles. The van der Waals surface area contributed by atoms with Crippen LogP contribution in [0.1, 0.15) is 16.7 Å². The maximum atomic E-state index is 14.1. The van der Waals surface area contributed by atoms with Crippen molar-refractivity contribution in [2.45, 2.75) is 13.0 Å². The molecule has 1 aliphatic heterocycles. The van der Waals surface area contributed by atoms with Crippen molar-refractivity contribution >= 4 is 11.4 Å². The summed E-state index contributed by atoms with van der Waals surface area (Å²) in [5, 5.41) is 8.88. The molecule has 0 aliphatic carbocycles. The molecule has 3 rings (SSSR count). The summed E-state index contributed by atoms with van der Waals surface area (Å²) in [6.07, 6.45) is 0.917. The average molecular weight is 267 g/mol. The third-order valence-electron chi connectivity index (χ3n) is 3.68. The van der Waals surface area contributed by atoms with Gasteiger partial charge >= 0.3 is 0 Å². The molecule has 0 aromatic heterocycles. The Kier molecular flexibility index (Phi) is 3.03. The molecule has 0 atom stereocenters. The second-order valence-electron chi connectivity index (χ2n) is 4.92. The maximum absolute atomic E-state index is 14.1. The highest BCUT2D eigenvalue weighted by Gasteiger charge is 2.22. The summed E-state index contributed by atoms with van der Waals surface area (Å²) >= 11 is 0. The number of nitrogens with two attached hydrogens (primary N) is 1. The van der Waals surface area contributed by atoms with Crippen molar-refractivity contribution in [1.82, 2.24) is 0 Å². The van der Waals surface area contributed by atoms with Crippen molar-refractivity contribution in [2.24, 2.45) is 0 Å². The zero-order valence-electron chi connectivity index (χ0n) is 10.9. The molecule has 0 spiro atoms. The third-order valence-corrected chi connectivity index (χ3v) is 3.68. The Bertz CT molecular complexity index is 703. The van der Waals surface area contributed by atoms with E-state index < -0.39 is 5.82 Å². The van der Waals surface area contributed by atoms with Crippen LogP contribution in [0.15, 0.2) is 36.4 Å². The molecule has 2 aromatic carbocycles. The number of hydrogen-bond acceptors (Lipinski definition) is 3. The first-order chi connectivity index (χ1) is 9.70. The fourth-order valence-electron chi connectivity index (χ4n) is 2.72. The molecule has 0 unspecified atom stereocenters. The first-order valence-corrected chi connectivity index (χ1v) is 6.50. The van der Waals surface area contributed by atoms with Crippen LogP contribution in [-0.4, -0.2) is 6.54 Å². The van der Waals surface area contributed by atoms with Gasteiger partial charge in [0.2, 0.25) is 0 Å². The molecule has 0 saturated heterocycles. The number of halogens is 1. The first-order valence-electron chi connectivity index (χ1n) is 6.50. The number of nitrogens with zero attached hydrogens (tertiary/aromatic N) is 2. The summed E-state index contributed by atoms with van der Waals surface area (Å²) in [4.78, 5) is 2.07. The van der Waals surface area contributed by atoms with Gasteiger partial charge in [0.15, 0.2) is 0 Å². The van der Waals surface area contributed by atoms with Gasteiger partial charge in [0.05, 0.1) is 16.9 Å². The Morgan fingerprint density at radius 2 is 2.05 bits per heavy atom. The number of hydrogen-bond donors (Lipinski definition) is 1. The minimum absolute atomic E-state index is 0.0861. The molecule has 2 N–H and O–H groups in total. The smallest absolute Gasteiger partial charge is 0.145 e. The lowest BCUT2D eigenvalue weighted by Gasteiger charge is -2.21. The van der Waals surface area contributed by atoms with Crippen LogP contribution >= 0.6 is 0 Å². The lowest BCUT2D eigenvalue weighted by molar-refractivity contribution is 0.602. The Balaban J connectivity index is 1.94. The zero-order valence-corrected chi connectivity index (χ0v) is 10.9. The van der Waals surface area contributed by atoms with Gasteiger partial charge in [-0.2, -0.15) is 5.26 Å². The Morgan fingerprint density at radius 1 is 1.25 bits per heavy atom. The number of rotatable bonds is 2. The molecule has 0 fully saturated rings. The summed E-state index contributed by atoms with van der Waals surface area (Å²) in [7, 11) is 0. The molecule has 0 bridgehead atoms. The average Bonchev–Trinajstić information content (AvgIpc) is 2.86. The third kappa shape index (κ3) is 1.97. The van der Waals surface area contributed by atoms with Gasteiger partial charge in [-0.15, -0.1) is 0 Å². The Morgan fingerprint density at radius 3 is 2.85 bits per heavy atom. The van der Waals surface area contributed by atoms with E-state index >= 15 is 0 Å². The second-order valence-corrected chi connectivity index (χ2v) is 4.92. The summed E-state index contributed by atoms with van der Waals surface area (Å²) in [5.74, 6) is -0.432. The summed E-state index contributed by atoms with van der Waals surface area (Å²) < 4.78 is 14.1. The van der Waals surface area contributed by atoms with Gasteiger partial charge < -0.3 is 10.6 Å². The lowest BCUT2D eigenvalue weighted by Crippen LogP contribution is -2.21. The van der Waals surface area contributed by atoms with Gasteiger partial charge in [-0.25, -0.2) is 4.39 Å². The van der Waals surface area contributed by atoms with Crippen molar-refractivity contribution in [1.29, 1.82) is 5.26 Å². The van der Waals surface area contributed by atoms with E-state index in [1.165, 1.54) is 11.6 Å². The van der Waals surface area contributed by atoms with E-state index in [1.807, 2.05) is 24.3 Å². The standard InChI is InChI=1S/C16H14FN3/c17-15-12(9-18)4-1-5-13(15)10-20-8-7-11-3-2-6-14(19)16(11)20/h1-6H,7-8,10,19H2. The first kappa shape index (κ1) is 12.5. The van der Waals surface area contributed by atoms with Crippen LogP contribution in [0, 0.1) is 17.1 Å². The molecule has 0 amide bonds. The molecule has 0 radical (unpaired) electrons. The van der Waals surface area contributed by atoms with Gasteiger partial charge in [-0.1, -0.05) is 24.3 Å². The van der Waals surface area contributed by atoms with Crippen LogP contribution in [0.3, 0.4) is 0 Å². The molecular formula is C16H14FN3. The van der Waals surface area contributed by atoms with Crippen molar-refractivity contribution < 1.29 is 4.39 Å². The summed E-state index contributed by atoms with van der Waals surface area (Å²) in [6.45, 7) is 1.25. The minimum atomic E-state index is -0.432. The van der Waals surface area contributed by atoms with Crippen molar-refractivity contribution in [3.63, 3.8) is 0 Å². The Hall–Kier alpha value is -2.54. The van der Waals surface area contributed by atoms with Gasteiger partial charge in [0.25, 0.3) is 0 Å². The highest BCUT2D eigenvalue weighted by atomic mass is 19.1.